The molecule has 72 valence electrons. The van der Waals surface area contributed by atoms with E-state index in [1.54, 1.807) is 0 Å². The molecule has 0 spiro atoms. The molecule has 0 bridgehead atoms. The second-order valence-electron chi connectivity index (χ2n) is 4.88. The Hall–Kier alpha value is -0.0800. The highest BCUT2D eigenvalue weighted by Gasteiger charge is 2.32. The molecule has 0 aromatic rings. The van der Waals surface area contributed by atoms with Crippen molar-refractivity contribution in [1.82, 2.24) is 0 Å². The van der Waals surface area contributed by atoms with Crippen LogP contribution in [0, 0.1) is 11.3 Å². The molecular formula is C10H21NO. The molecule has 12 heavy (non-hydrogen) atoms. The molecule has 1 fully saturated rings. The molecule has 2 nitrogen and oxygen atoms in total. The van der Waals surface area contributed by atoms with Crippen LogP contribution in [-0.4, -0.2) is 19.3 Å². The maximum atomic E-state index is 5.69. The molecule has 1 heterocycles. The Morgan fingerprint density at radius 1 is 1.58 bits per heavy atom. The highest BCUT2D eigenvalue weighted by atomic mass is 16.5. The second-order valence-corrected chi connectivity index (χ2v) is 4.88. The van der Waals surface area contributed by atoms with Crippen LogP contribution < -0.4 is 5.73 Å². The molecule has 0 saturated carbocycles. The number of hydrogen-bond acceptors (Lipinski definition) is 2. The molecule has 2 heteroatoms. The lowest BCUT2D eigenvalue weighted by Gasteiger charge is -2.16. The largest absolute Gasteiger partial charge is 0.378 e. The first-order chi connectivity index (χ1) is 5.53. The lowest BCUT2D eigenvalue weighted by atomic mass is 9.88. The van der Waals surface area contributed by atoms with Crippen LogP contribution in [-0.2, 0) is 4.74 Å². The van der Waals surface area contributed by atoms with Gasteiger partial charge in [-0.3, -0.25) is 0 Å². The third-order valence-electron chi connectivity index (χ3n) is 2.56. The van der Waals surface area contributed by atoms with Crippen LogP contribution in [0.3, 0.4) is 0 Å². The Labute approximate surface area is 75.5 Å². The van der Waals surface area contributed by atoms with Gasteiger partial charge in [0.2, 0.25) is 0 Å². The van der Waals surface area contributed by atoms with E-state index < -0.39 is 0 Å². The van der Waals surface area contributed by atoms with E-state index in [9.17, 15) is 0 Å². The van der Waals surface area contributed by atoms with E-state index in [0.29, 0.717) is 17.4 Å². The van der Waals surface area contributed by atoms with Gasteiger partial charge in [-0.2, -0.15) is 0 Å². The molecule has 1 rings (SSSR count). The summed E-state index contributed by atoms with van der Waals surface area (Å²) in [5.41, 5.74) is 5.95. The summed E-state index contributed by atoms with van der Waals surface area (Å²) in [5.74, 6) is 0.601. The minimum absolute atomic E-state index is 0.388. The van der Waals surface area contributed by atoms with Crippen molar-refractivity contribution in [2.75, 3.05) is 13.2 Å². The van der Waals surface area contributed by atoms with E-state index in [-0.39, 0.29) is 0 Å². The van der Waals surface area contributed by atoms with Gasteiger partial charge in [0.15, 0.2) is 0 Å². The summed E-state index contributed by atoms with van der Waals surface area (Å²) in [6.07, 6.45) is 2.77. The summed E-state index contributed by atoms with van der Waals surface area (Å²) in [7, 11) is 0. The van der Waals surface area contributed by atoms with Gasteiger partial charge in [-0.1, -0.05) is 20.8 Å². The molecule has 1 aliphatic rings. The SMILES string of the molecule is CC(CN)CC1CC(C)(C)CO1. The second kappa shape index (κ2) is 3.75. The summed E-state index contributed by atoms with van der Waals surface area (Å²) in [6, 6.07) is 0. The first-order valence-corrected chi connectivity index (χ1v) is 4.85. The van der Waals surface area contributed by atoms with Crippen LogP contribution in [0.2, 0.25) is 0 Å². The topological polar surface area (TPSA) is 35.2 Å². The Kier molecular flexibility index (Phi) is 3.13. The Morgan fingerprint density at radius 3 is 2.67 bits per heavy atom. The van der Waals surface area contributed by atoms with Gasteiger partial charge in [0.05, 0.1) is 12.7 Å². The molecular weight excluding hydrogens is 150 g/mol. The predicted octanol–water partition coefficient (Wildman–Crippen LogP) is 1.79. The predicted molar refractivity (Wildman–Crippen MR) is 51.0 cm³/mol. The average Bonchev–Trinajstić information content (AvgIpc) is 2.30. The molecule has 1 saturated heterocycles. The Morgan fingerprint density at radius 2 is 2.25 bits per heavy atom. The van der Waals surface area contributed by atoms with E-state index in [1.807, 2.05) is 0 Å². The Balaban J connectivity index is 2.28. The van der Waals surface area contributed by atoms with Crippen molar-refractivity contribution in [3.63, 3.8) is 0 Å². The molecule has 0 aromatic heterocycles. The molecule has 0 aromatic carbocycles. The molecule has 0 radical (unpaired) electrons. The van der Waals surface area contributed by atoms with E-state index in [2.05, 4.69) is 20.8 Å². The van der Waals surface area contributed by atoms with E-state index >= 15 is 0 Å². The van der Waals surface area contributed by atoms with Crippen molar-refractivity contribution >= 4 is 0 Å². The van der Waals surface area contributed by atoms with Gasteiger partial charge in [-0.15, -0.1) is 0 Å². The van der Waals surface area contributed by atoms with Gasteiger partial charge in [-0.25, -0.2) is 0 Å². The van der Waals surface area contributed by atoms with E-state index in [0.717, 1.165) is 19.6 Å². The fourth-order valence-electron chi connectivity index (χ4n) is 1.77. The van der Waals surface area contributed by atoms with Crippen molar-refractivity contribution < 1.29 is 4.74 Å². The summed E-state index contributed by atoms with van der Waals surface area (Å²) < 4.78 is 5.69. The summed E-state index contributed by atoms with van der Waals surface area (Å²) in [4.78, 5) is 0. The van der Waals surface area contributed by atoms with Crippen LogP contribution in [0.5, 0.6) is 0 Å². The van der Waals surface area contributed by atoms with Crippen LogP contribution in [0.25, 0.3) is 0 Å². The molecule has 2 atom stereocenters. The average molecular weight is 171 g/mol. The zero-order valence-corrected chi connectivity index (χ0v) is 8.47. The van der Waals surface area contributed by atoms with Crippen molar-refractivity contribution in [2.24, 2.45) is 17.1 Å². The lowest BCUT2D eigenvalue weighted by molar-refractivity contribution is 0.0842. The standard InChI is InChI=1S/C10H21NO/c1-8(6-11)4-9-5-10(2,3)7-12-9/h8-9H,4-7,11H2,1-3H3. The normalized spacial score (nSPS) is 30.5. The highest BCUT2D eigenvalue weighted by molar-refractivity contribution is 4.81. The van der Waals surface area contributed by atoms with Crippen LogP contribution in [0.1, 0.15) is 33.6 Å². The van der Waals surface area contributed by atoms with Crippen LogP contribution >= 0.6 is 0 Å². The molecule has 0 amide bonds. The van der Waals surface area contributed by atoms with Crippen molar-refractivity contribution in [3.8, 4) is 0 Å². The van der Waals surface area contributed by atoms with Crippen molar-refractivity contribution in [3.05, 3.63) is 0 Å². The maximum absolute atomic E-state index is 5.69. The smallest absolute Gasteiger partial charge is 0.0584 e. The van der Waals surface area contributed by atoms with Gasteiger partial charge in [0.1, 0.15) is 0 Å². The van der Waals surface area contributed by atoms with Gasteiger partial charge in [0, 0.05) is 0 Å². The van der Waals surface area contributed by atoms with E-state index in [4.69, 9.17) is 10.5 Å². The molecule has 2 unspecified atom stereocenters. The lowest BCUT2D eigenvalue weighted by Crippen LogP contribution is -2.18. The minimum atomic E-state index is 0.388. The third kappa shape index (κ3) is 2.76. The highest BCUT2D eigenvalue weighted by Crippen LogP contribution is 2.33. The fourth-order valence-corrected chi connectivity index (χ4v) is 1.77. The molecule has 2 N–H and O–H groups in total. The molecule has 0 aliphatic carbocycles. The Bertz CT molecular complexity index is 145. The maximum Gasteiger partial charge on any atom is 0.0584 e. The number of hydrogen-bond donors (Lipinski definition) is 1. The summed E-state index contributed by atoms with van der Waals surface area (Å²) >= 11 is 0. The van der Waals surface area contributed by atoms with Gasteiger partial charge < -0.3 is 10.5 Å². The fraction of sp³-hybridized carbons (Fsp3) is 1.00. The van der Waals surface area contributed by atoms with Crippen LogP contribution in [0.15, 0.2) is 0 Å². The van der Waals surface area contributed by atoms with Gasteiger partial charge in [0.25, 0.3) is 0 Å². The zero-order valence-electron chi connectivity index (χ0n) is 8.47. The van der Waals surface area contributed by atoms with Gasteiger partial charge in [-0.05, 0) is 30.7 Å². The number of rotatable bonds is 3. The quantitative estimate of drug-likeness (QED) is 0.702. The minimum Gasteiger partial charge on any atom is -0.378 e. The van der Waals surface area contributed by atoms with Gasteiger partial charge >= 0.3 is 0 Å². The molecule has 1 aliphatic heterocycles. The summed E-state index contributed by atoms with van der Waals surface area (Å²) in [6.45, 7) is 8.41. The third-order valence-corrected chi connectivity index (χ3v) is 2.56. The first-order valence-electron chi connectivity index (χ1n) is 4.85. The number of nitrogens with two attached hydrogens (primary N) is 1. The van der Waals surface area contributed by atoms with Crippen molar-refractivity contribution in [1.29, 1.82) is 0 Å². The monoisotopic (exact) mass is 171 g/mol. The number of ether oxygens (including phenoxy) is 1. The first kappa shape index (κ1) is 10.0. The summed E-state index contributed by atoms with van der Waals surface area (Å²) in [5, 5.41) is 0. The van der Waals surface area contributed by atoms with E-state index in [1.165, 1.54) is 6.42 Å². The zero-order chi connectivity index (χ0) is 9.19. The van der Waals surface area contributed by atoms with Crippen molar-refractivity contribution in [2.45, 2.75) is 39.7 Å². The van der Waals surface area contributed by atoms with Crippen LogP contribution in [0.4, 0.5) is 0 Å².